The predicted octanol–water partition coefficient (Wildman–Crippen LogP) is 6.45. The zero-order chi connectivity index (χ0) is 25.4. The van der Waals surface area contributed by atoms with Gasteiger partial charge in [-0.15, -0.1) is 0 Å². The van der Waals surface area contributed by atoms with E-state index in [1.807, 2.05) is 12.1 Å². The van der Waals surface area contributed by atoms with Crippen molar-refractivity contribution in [2.24, 2.45) is 5.92 Å². The monoisotopic (exact) mass is 510 g/mol. The van der Waals surface area contributed by atoms with Gasteiger partial charge < -0.3 is 15.2 Å². The highest BCUT2D eigenvalue weighted by atomic mass is 32.1. The molecule has 1 aliphatic carbocycles. The Hall–Kier alpha value is -2.79. The molecule has 3 aromatic rings. The fourth-order valence-electron chi connectivity index (χ4n) is 3.83. The maximum Gasteiger partial charge on any atom is 0.391 e. The molecule has 0 radical (unpaired) electrons. The average Bonchev–Trinajstić information content (AvgIpc) is 3.22. The molecule has 0 atom stereocenters. The number of halogens is 3. The van der Waals surface area contributed by atoms with Gasteiger partial charge in [0.05, 0.1) is 16.3 Å². The summed E-state index contributed by atoms with van der Waals surface area (Å²) in [5.74, 6) is -0.704. The number of alkyl halides is 3. The van der Waals surface area contributed by atoms with Crippen molar-refractivity contribution < 1.29 is 27.8 Å². The number of thiazole rings is 1. The van der Waals surface area contributed by atoms with Crippen molar-refractivity contribution in [1.29, 1.82) is 0 Å². The van der Waals surface area contributed by atoms with E-state index in [1.54, 1.807) is 12.1 Å². The van der Waals surface area contributed by atoms with E-state index in [1.165, 1.54) is 24.6 Å². The Morgan fingerprint density at radius 1 is 1.23 bits per heavy atom. The van der Waals surface area contributed by atoms with Gasteiger partial charge in [0.15, 0.2) is 10.9 Å². The summed E-state index contributed by atoms with van der Waals surface area (Å²) in [4.78, 5) is 24.1. The van der Waals surface area contributed by atoms with Gasteiger partial charge in [0, 0.05) is 25.5 Å². The van der Waals surface area contributed by atoms with Gasteiger partial charge in [-0.25, -0.2) is 15.0 Å². The first-order valence-electron chi connectivity index (χ1n) is 11.6. The highest BCUT2D eigenvalue weighted by Crippen LogP contribution is 2.43. The molecule has 35 heavy (non-hydrogen) atoms. The number of carbonyl (C=O) groups excluding carboxylic acids is 1. The van der Waals surface area contributed by atoms with Gasteiger partial charge >= 0.3 is 6.18 Å². The van der Waals surface area contributed by atoms with E-state index >= 15 is 0 Å². The van der Waals surface area contributed by atoms with Crippen LogP contribution >= 0.6 is 11.3 Å². The Morgan fingerprint density at radius 3 is 2.57 bits per heavy atom. The van der Waals surface area contributed by atoms with E-state index in [9.17, 15) is 18.0 Å². The third-order valence-electron chi connectivity index (χ3n) is 5.66. The number of nitrogens with one attached hydrogen (secondary N) is 1. The lowest BCUT2D eigenvalue weighted by Gasteiger charge is -2.29. The number of hydrogen-bond acceptors (Lipinski definition) is 7. The molecule has 1 amide bonds. The molecule has 2 heterocycles. The highest BCUT2D eigenvalue weighted by molar-refractivity contribution is 7.22. The van der Waals surface area contributed by atoms with Crippen molar-refractivity contribution in [1.82, 2.24) is 15.0 Å². The Morgan fingerprint density at radius 2 is 1.97 bits per heavy atom. The molecule has 0 saturated heterocycles. The standard InChI is InChI=1S/C20H19F3N4O2S.C4H10O/c1-11(28)26-19-27-18-15(3-2-4-16(18)30-19)29-17-9-14(24-10-25-17)12-5-7-13(8-6-12)20(21,22)23;1-2-3-4-5/h2-4,9-10,12-13H,5-8H2,1H3,(H,26,27,28);5H,2-4H2,1H3. The molecule has 4 rings (SSSR count). The Balaban J connectivity index is 0.000000623. The van der Waals surface area contributed by atoms with E-state index in [-0.39, 0.29) is 24.7 Å². The first kappa shape index (κ1) is 26.8. The summed E-state index contributed by atoms with van der Waals surface area (Å²) in [5, 5.41) is 11.2. The number of fused-ring (bicyclic) bond motifs is 1. The van der Waals surface area contributed by atoms with Crippen molar-refractivity contribution in [3.05, 3.63) is 36.3 Å². The molecule has 2 N–H and O–H groups in total. The molecule has 7 nitrogen and oxygen atoms in total. The minimum atomic E-state index is -4.13. The number of rotatable bonds is 6. The second-order valence-corrected chi connectivity index (χ2v) is 9.38. The maximum absolute atomic E-state index is 12.9. The van der Waals surface area contributed by atoms with Gasteiger partial charge in [-0.2, -0.15) is 13.2 Å². The summed E-state index contributed by atoms with van der Waals surface area (Å²) >= 11 is 1.33. The van der Waals surface area contributed by atoms with E-state index in [0.29, 0.717) is 47.4 Å². The average molecular weight is 511 g/mol. The summed E-state index contributed by atoms with van der Waals surface area (Å²) in [6.45, 7) is 3.81. The quantitative estimate of drug-likeness (QED) is 0.395. The van der Waals surface area contributed by atoms with E-state index < -0.39 is 12.1 Å². The van der Waals surface area contributed by atoms with Crippen LogP contribution in [-0.4, -0.2) is 38.7 Å². The SMILES string of the molecule is CC(=O)Nc1nc2c(Oc3cc(C4CCC(C(F)(F)F)CC4)ncn3)cccc2s1.CCCCO. The number of para-hydroxylation sites is 1. The number of aliphatic hydroxyl groups excluding tert-OH is 1. The summed E-state index contributed by atoms with van der Waals surface area (Å²) in [6, 6.07) is 7.11. The Bertz CT molecular complexity index is 1110. The molecule has 1 aliphatic rings. The summed E-state index contributed by atoms with van der Waals surface area (Å²) in [6.07, 6.45) is 0.357. The van der Waals surface area contributed by atoms with Crippen molar-refractivity contribution in [3.8, 4) is 11.6 Å². The number of benzene rings is 1. The number of carbonyl (C=O) groups is 1. The summed E-state index contributed by atoms with van der Waals surface area (Å²) in [5.41, 5.74) is 1.28. The van der Waals surface area contributed by atoms with Crippen molar-refractivity contribution in [2.45, 2.75) is 64.5 Å². The van der Waals surface area contributed by atoms with Crippen LogP contribution in [0, 0.1) is 5.92 Å². The van der Waals surface area contributed by atoms with Crippen LogP contribution in [-0.2, 0) is 4.79 Å². The normalized spacial score (nSPS) is 18.0. The summed E-state index contributed by atoms with van der Waals surface area (Å²) in [7, 11) is 0. The first-order chi connectivity index (χ1) is 16.7. The van der Waals surface area contributed by atoms with Gasteiger partial charge in [0.2, 0.25) is 11.8 Å². The van der Waals surface area contributed by atoms with Gasteiger partial charge in [0.25, 0.3) is 0 Å². The van der Waals surface area contributed by atoms with Gasteiger partial charge in [-0.1, -0.05) is 30.7 Å². The van der Waals surface area contributed by atoms with E-state index in [0.717, 1.165) is 17.5 Å². The lowest BCUT2D eigenvalue weighted by molar-refractivity contribution is -0.182. The van der Waals surface area contributed by atoms with Crippen LogP contribution in [0.2, 0.25) is 0 Å². The third kappa shape index (κ3) is 7.60. The largest absolute Gasteiger partial charge is 0.437 e. The minimum Gasteiger partial charge on any atom is -0.437 e. The van der Waals surface area contributed by atoms with Crippen LogP contribution in [0.1, 0.15) is 64.0 Å². The van der Waals surface area contributed by atoms with E-state index in [2.05, 4.69) is 27.2 Å². The van der Waals surface area contributed by atoms with Crippen LogP contribution in [0.15, 0.2) is 30.6 Å². The Kier molecular flexibility index (Phi) is 9.39. The second kappa shape index (κ2) is 12.3. The zero-order valence-electron chi connectivity index (χ0n) is 19.6. The highest BCUT2D eigenvalue weighted by Gasteiger charge is 2.41. The van der Waals surface area contributed by atoms with Crippen molar-refractivity contribution in [3.63, 3.8) is 0 Å². The van der Waals surface area contributed by atoms with Crippen LogP contribution in [0.5, 0.6) is 11.6 Å². The van der Waals surface area contributed by atoms with Crippen molar-refractivity contribution in [2.75, 3.05) is 11.9 Å². The number of unbranched alkanes of at least 4 members (excludes halogenated alkanes) is 1. The Labute approximate surface area is 205 Å². The molecule has 1 fully saturated rings. The second-order valence-electron chi connectivity index (χ2n) is 8.35. The molecule has 0 aliphatic heterocycles. The molecular weight excluding hydrogens is 481 g/mol. The number of aliphatic hydroxyl groups is 1. The first-order valence-corrected chi connectivity index (χ1v) is 12.4. The molecule has 190 valence electrons. The van der Waals surface area contributed by atoms with Crippen LogP contribution in [0.25, 0.3) is 10.2 Å². The molecule has 11 heteroatoms. The molecule has 0 unspecified atom stereocenters. The number of ether oxygens (including phenoxy) is 1. The smallest absolute Gasteiger partial charge is 0.391 e. The van der Waals surface area contributed by atoms with Gasteiger partial charge in [0.1, 0.15) is 11.8 Å². The lowest BCUT2D eigenvalue weighted by atomic mass is 9.80. The fourth-order valence-corrected chi connectivity index (χ4v) is 4.76. The molecule has 1 saturated carbocycles. The minimum absolute atomic E-state index is 0.0459. The number of amides is 1. The fraction of sp³-hybridized carbons (Fsp3) is 0.500. The van der Waals surface area contributed by atoms with E-state index in [4.69, 9.17) is 9.84 Å². The van der Waals surface area contributed by atoms with Gasteiger partial charge in [-0.05, 0) is 44.2 Å². The molecule has 0 spiro atoms. The zero-order valence-corrected chi connectivity index (χ0v) is 20.5. The number of hydrogen-bond donors (Lipinski definition) is 2. The third-order valence-corrected chi connectivity index (χ3v) is 6.60. The lowest BCUT2D eigenvalue weighted by Crippen LogP contribution is -2.27. The maximum atomic E-state index is 12.9. The van der Waals surface area contributed by atoms with Crippen molar-refractivity contribution >= 4 is 32.6 Å². The molecular formula is C24H29F3N4O3S. The number of nitrogens with zero attached hydrogens (tertiary/aromatic N) is 3. The predicted molar refractivity (Wildman–Crippen MR) is 129 cm³/mol. The van der Waals surface area contributed by atoms with Crippen LogP contribution in [0.4, 0.5) is 18.3 Å². The summed E-state index contributed by atoms with van der Waals surface area (Å²) < 4.78 is 45.5. The van der Waals surface area contributed by atoms with Crippen LogP contribution < -0.4 is 10.1 Å². The van der Waals surface area contributed by atoms with Gasteiger partial charge in [-0.3, -0.25) is 4.79 Å². The molecule has 0 bridgehead atoms. The molecule has 1 aromatic carbocycles. The van der Waals surface area contributed by atoms with Crippen LogP contribution in [0.3, 0.4) is 0 Å². The number of anilines is 1. The molecule has 2 aromatic heterocycles. The number of aromatic nitrogens is 3. The topological polar surface area (TPSA) is 97.2 Å².